The lowest BCUT2D eigenvalue weighted by Crippen LogP contribution is -2.61. The Balaban J connectivity index is 5.53. The highest BCUT2D eigenvalue weighted by molar-refractivity contribution is 5.96. The lowest BCUT2D eigenvalue weighted by molar-refractivity contribution is -0.138. The summed E-state index contributed by atoms with van der Waals surface area (Å²) >= 11 is 0. The fourth-order valence-electron chi connectivity index (χ4n) is 4.68. The third kappa shape index (κ3) is 19.8. The Hall–Kier alpha value is -4.40. The van der Waals surface area contributed by atoms with Gasteiger partial charge in [-0.15, -0.1) is 0 Å². The summed E-state index contributed by atoms with van der Waals surface area (Å²) < 4.78 is 0. The second-order valence-corrected chi connectivity index (χ2v) is 13.0. The molecule has 0 aromatic carbocycles. The molecular formula is C32H60N10O10. The van der Waals surface area contributed by atoms with Gasteiger partial charge in [0.15, 0.2) is 0 Å². The van der Waals surface area contributed by atoms with Gasteiger partial charge in [-0.3, -0.25) is 38.4 Å². The van der Waals surface area contributed by atoms with Gasteiger partial charge in [0, 0.05) is 0 Å². The molecule has 0 aliphatic carbocycles. The zero-order chi connectivity index (χ0) is 40.0. The molecule has 7 amide bonds. The molecule has 52 heavy (non-hydrogen) atoms. The molecule has 20 nitrogen and oxygen atoms in total. The van der Waals surface area contributed by atoms with Crippen LogP contribution in [0.15, 0.2) is 0 Å². The first-order valence-electron chi connectivity index (χ1n) is 17.5. The molecule has 0 fully saturated rings. The summed E-state index contributed by atoms with van der Waals surface area (Å²) in [5, 5.41) is 36.1. The van der Waals surface area contributed by atoms with E-state index in [0.717, 1.165) is 0 Å². The van der Waals surface area contributed by atoms with E-state index in [1.807, 2.05) is 0 Å². The Labute approximate surface area is 304 Å². The SMILES string of the molecule is CC(C)CC(NC(=O)C(CCCCN)NC(=O)C(C)N)C(=O)NC(C(=O)NC(C)C(=O)NCC(=O)NC(CCCCN)C(=O)NCC(=O)O)C(C)O. The summed E-state index contributed by atoms with van der Waals surface area (Å²) in [4.78, 5) is 101. The van der Waals surface area contributed by atoms with Crippen molar-refractivity contribution in [3.05, 3.63) is 0 Å². The summed E-state index contributed by atoms with van der Waals surface area (Å²) in [5.74, 6) is -6.64. The molecule has 0 rings (SSSR count). The van der Waals surface area contributed by atoms with Gasteiger partial charge in [-0.05, 0) is 84.7 Å². The minimum atomic E-state index is -1.56. The minimum absolute atomic E-state index is 0.106. The van der Waals surface area contributed by atoms with Crippen LogP contribution in [0.25, 0.3) is 0 Å². The molecule has 0 spiro atoms. The van der Waals surface area contributed by atoms with Crippen LogP contribution in [0.4, 0.5) is 0 Å². The number of carbonyl (C=O) groups excluding carboxylic acids is 7. The number of hydrogen-bond acceptors (Lipinski definition) is 12. The van der Waals surface area contributed by atoms with Crippen LogP contribution in [0.5, 0.6) is 0 Å². The first-order valence-corrected chi connectivity index (χ1v) is 17.5. The Morgan fingerprint density at radius 1 is 0.577 bits per heavy atom. The van der Waals surface area contributed by atoms with Crippen molar-refractivity contribution in [3.8, 4) is 0 Å². The molecule has 0 aliphatic heterocycles. The van der Waals surface area contributed by atoms with E-state index in [2.05, 4.69) is 37.2 Å². The number of hydrogen-bond donors (Lipinski definition) is 12. The molecule has 0 saturated carbocycles. The smallest absolute Gasteiger partial charge is 0.322 e. The van der Waals surface area contributed by atoms with Crippen molar-refractivity contribution in [2.24, 2.45) is 23.1 Å². The van der Waals surface area contributed by atoms with Crippen molar-refractivity contribution in [1.29, 1.82) is 0 Å². The van der Waals surface area contributed by atoms with Crippen molar-refractivity contribution in [3.63, 3.8) is 0 Å². The first-order chi connectivity index (χ1) is 24.3. The molecule has 0 bridgehead atoms. The lowest BCUT2D eigenvalue weighted by Gasteiger charge is -2.28. The van der Waals surface area contributed by atoms with E-state index < -0.39 is 103 Å². The number of carbonyl (C=O) groups is 8. The number of amides is 7. The summed E-state index contributed by atoms with van der Waals surface area (Å²) in [6.45, 7) is 7.08. The summed E-state index contributed by atoms with van der Waals surface area (Å²) in [6.07, 6.45) is 1.21. The van der Waals surface area contributed by atoms with Crippen molar-refractivity contribution in [1.82, 2.24) is 37.2 Å². The van der Waals surface area contributed by atoms with E-state index in [1.165, 1.54) is 20.8 Å². The van der Waals surface area contributed by atoms with Gasteiger partial charge >= 0.3 is 5.97 Å². The van der Waals surface area contributed by atoms with Crippen LogP contribution in [-0.2, 0) is 38.4 Å². The van der Waals surface area contributed by atoms with Crippen LogP contribution in [0.1, 0.15) is 79.6 Å². The average molecular weight is 745 g/mol. The molecule has 7 unspecified atom stereocenters. The average Bonchev–Trinajstić information content (AvgIpc) is 3.06. The normalized spacial score (nSPS) is 15.0. The second-order valence-electron chi connectivity index (χ2n) is 13.0. The van der Waals surface area contributed by atoms with Gasteiger partial charge < -0.3 is 64.6 Å². The first kappa shape index (κ1) is 47.6. The number of rotatable bonds is 26. The highest BCUT2D eigenvalue weighted by Gasteiger charge is 2.33. The topological polar surface area (TPSA) is 339 Å². The third-order valence-corrected chi connectivity index (χ3v) is 7.58. The number of aliphatic hydroxyl groups excluding tert-OH is 1. The van der Waals surface area contributed by atoms with Crippen molar-refractivity contribution in [2.75, 3.05) is 26.2 Å². The maximum atomic E-state index is 13.4. The highest BCUT2D eigenvalue weighted by atomic mass is 16.4. The van der Waals surface area contributed by atoms with E-state index in [1.54, 1.807) is 13.8 Å². The molecular weight excluding hydrogens is 684 g/mol. The lowest BCUT2D eigenvalue weighted by atomic mass is 10.0. The predicted molar refractivity (Wildman–Crippen MR) is 190 cm³/mol. The molecule has 0 radical (unpaired) electrons. The Morgan fingerprint density at radius 2 is 1.08 bits per heavy atom. The molecule has 0 aromatic heterocycles. The van der Waals surface area contributed by atoms with Gasteiger partial charge in [0.1, 0.15) is 36.8 Å². The fourth-order valence-corrected chi connectivity index (χ4v) is 4.68. The van der Waals surface area contributed by atoms with Gasteiger partial charge in [-0.2, -0.15) is 0 Å². The number of nitrogens with two attached hydrogens (primary N) is 3. The molecule has 0 saturated heterocycles. The van der Waals surface area contributed by atoms with E-state index in [9.17, 15) is 43.5 Å². The summed E-state index contributed by atoms with van der Waals surface area (Å²) in [7, 11) is 0. The summed E-state index contributed by atoms with van der Waals surface area (Å²) in [6, 6.07) is -6.97. The van der Waals surface area contributed by atoms with Crippen LogP contribution >= 0.6 is 0 Å². The fraction of sp³-hybridized carbons (Fsp3) is 0.750. The van der Waals surface area contributed by atoms with Crippen molar-refractivity contribution >= 4 is 47.3 Å². The monoisotopic (exact) mass is 744 g/mol. The molecule has 0 aliphatic rings. The molecule has 0 heterocycles. The number of aliphatic hydroxyl groups is 1. The van der Waals surface area contributed by atoms with Gasteiger partial charge in [0.2, 0.25) is 41.4 Å². The number of aliphatic carboxylic acids is 1. The molecule has 7 atom stereocenters. The third-order valence-electron chi connectivity index (χ3n) is 7.58. The van der Waals surface area contributed by atoms with Gasteiger partial charge in [0.25, 0.3) is 0 Å². The van der Waals surface area contributed by atoms with Crippen molar-refractivity contribution in [2.45, 2.75) is 122 Å². The number of nitrogens with one attached hydrogen (secondary N) is 7. The van der Waals surface area contributed by atoms with Crippen molar-refractivity contribution < 1.29 is 48.6 Å². The molecule has 20 heteroatoms. The zero-order valence-corrected chi connectivity index (χ0v) is 30.8. The van der Waals surface area contributed by atoms with Gasteiger partial charge in [-0.1, -0.05) is 13.8 Å². The molecule has 15 N–H and O–H groups in total. The van der Waals surface area contributed by atoms with Crippen LogP contribution in [0, 0.1) is 5.92 Å². The second kappa shape index (κ2) is 25.5. The van der Waals surface area contributed by atoms with Crippen LogP contribution in [0.3, 0.4) is 0 Å². The Bertz CT molecular complexity index is 1200. The minimum Gasteiger partial charge on any atom is -0.480 e. The standard InChI is InChI=1S/C32H60N10O10/c1-17(2)14-23(41-30(50)22(11-7-9-13-34)40-27(47)18(3)35)31(51)42-26(20(5)43)32(52)38-19(4)28(48)36-15-24(44)39-21(10-6-8-12-33)29(49)37-16-25(45)46/h17-23,26,43H,6-16,33-35H2,1-5H3,(H,36,48)(H,37,49)(H,38,52)(H,39,44)(H,40,47)(H,41,50)(H,42,51)(H,45,46). The maximum absolute atomic E-state index is 13.4. The van der Waals surface area contributed by atoms with Crippen LogP contribution < -0.4 is 54.4 Å². The van der Waals surface area contributed by atoms with Crippen LogP contribution in [0.2, 0.25) is 0 Å². The zero-order valence-electron chi connectivity index (χ0n) is 30.8. The van der Waals surface area contributed by atoms with E-state index >= 15 is 0 Å². The van der Waals surface area contributed by atoms with Gasteiger partial charge in [0.05, 0.1) is 18.7 Å². The quantitative estimate of drug-likeness (QED) is 0.0374. The Morgan fingerprint density at radius 3 is 1.56 bits per heavy atom. The van der Waals surface area contributed by atoms with Crippen LogP contribution in [-0.4, -0.2) is 126 Å². The largest absolute Gasteiger partial charge is 0.480 e. The number of carboxylic acid groups (broad SMARTS) is 1. The molecule has 298 valence electrons. The predicted octanol–water partition coefficient (Wildman–Crippen LogP) is -4.22. The molecule has 0 aromatic rings. The highest BCUT2D eigenvalue weighted by Crippen LogP contribution is 2.09. The van der Waals surface area contributed by atoms with E-state index in [0.29, 0.717) is 38.8 Å². The van der Waals surface area contributed by atoms with E-state index in [4.69, 9.17) is 22.3 Å². The Kier molecular flexibility index (Phi) is 23.4. The number of unbranched alkanes of at least 4 members (excludes halogenated alkanes) is 2. The number of carboxylic acids is 1. The maximum Gasteiger partial charge on any atom is 0.322 e. The summed E-state index contributed by atoms with van der Waals surface area (Å²) in [5.41, 5.74) is 16.7. The van der Waals surface area contributed by atoms with Gasteiger partial charge in [-0.25, -0.2) is 0 Å². The van der Waals surface area contributed by atoms with E-state index in [-0.39, 0.29) is 25.2 Å².